The Balaban J connectivity index is 2.54. The van der Waals surface area contributed by atoms with Crippen molar-refractivity contribution in [2.75, 3.05) is 14.2 Å². The molecule has 2 unspecified atom stereocenters. The van der Waals surface area contributed by atoms with Gasteiger partial charge in [0.25, 0.3) is 0 Å². The SMILES string of the molecule is COC(=O)C1C(C)=NC(=O)NC1c1cc(Br)ccc1OC. The van der Waals surface area contributed by atoms with Gasteiger partial charge < -0.3 is 14.8 Å². The number of amides is 2. The summed E-state index contributed by atoms with van der Waals surface area (Å²) in [6, 6.07) is 4.31. The highest BCUT2D eigenvalue weighted by Crippen LogP contribution is 2.35. The fourth-order valence-corrected chi connectivity index (χ4v) is 2.74. The number of ether oxygens (including phenoxy) is 2. The van der Waals surface area contributed by atoms with E-state index in [0.29, 0.717) is 17.0 Å². The smallest absolute Gasteiger partial charge is 0.341 e. The van der Waals surface area contributed by atoms with Crippen molar-refractivity contribution in [1.29, 1.82) is 0 Å². The summed E-state index contributed by atoms with van der Waals surface area (Å²) in [5, 5.41) is 2.70. The molecule has 21 heavy (non-hydrogen) atoms. The Morgan fingerprint density at radius 1 is 1.38 bits per heavy atom. The molecule has 1 aromatic carbocycles. The molecular formula is C14H15BrN2O4. The lowest BCUT2D eigenvalue weighted by Gasteiger charge is -2.30. The van der Waals surface area contributed by atoms with E-state index < -0.39 is 24.0 Å². The second-order valence-corrected chi connectivity index (χ2v) is 5.48. The van der Waals surface area contributed by atoms with Gasteiger partial charge in [0, 0.05) is 15.7 Å². The summed E-state index contributed by atoms with van der Waals surface area (Å²) < 4.78 is 11.0. The number of carbonyl (C=O) groups excluding carboxylic acids is 2. The predicted molar refractivity (Wildman–Crippen MR) is 80.6 cm³/mol. The van der Waals surface area contributed by atoms with Crippen LogP contribution in [0, 0.1) is 5.92 Å². The number of hydrogen-bond acceptors (Lipinski definition) is 4. The molecule has 1 heterocycles. The maximum atomic E-state index is 12.0. The minimum Gasteiger partial charge on any atom is -0.496 e. The number of halogens is 1. The first-order valence-corrected chi connectivity index (χ1v) is 7.04. The van der Waals surface area contributed by atoms with Gasteiger partial charge in [0.2, 0.25) is 0 Å². The fraction of sp³-hybridized carbons (Fsp3) is 0.357. The van der Waals surface area contributed by atoms with Gasteiger partial charge in [-0.2, -0.15) is 0 Å². The molecule has 6 nitrogen and oxygen atoms in total. The van der Waals surface area contributed by atoms with Gasteiger partial charge in [-0.3, -0.25) is 4.79 Å². The van der Waals surface area contributed by atoms with Crippen molar-refractivity contribution in [1.82, 2.24) is 5.32 Å². The van der Waals surface area contributed by atoms with Crippen LogP contribution in [-0.2, 0) is 9.53 Å². The zero-order valence-corrected chi connectivity index (χ0v) is 13.4. The van der Waals surface area contributed by atoms with E-state index in [-0.39, 0.29) is 0 Å². The van der Waals surface area contributed by atoms with E-state index >= 15 is 0 Å². The Morgan fingerprint density at radius 2 is 2.10 bits per heavy atom. The number of esters is 1. The van der Waals surface area contributed by atoms with Gasteiger partial charge in [0.1, 0.15) is 11.7 Å². The monoisotopic (exact) mass is 354 g/mol. The van der Waals surface area contributed by atoms with Crippen LogP contribution in [0.25, 0.3) is 0 Å². The van der Waals surface area contributed by atoms with Crippen LogP contribution in [0.2, 0.25) is 0 Å². The molecule has 112 valence electrons. The van der Waals surface area contributed by atoms with Crippen molar-refractivity contribution in [3.05, 3.63) is 28.2 Å². The molecule has 0 saturated carbocycles. The number of methoxy groups -OCH3 is 2. The van der Waals surface area contributed by atoms with Crippen LogP contribution < -0.4 is 10.1 Å². The van der Waals surface area contributed by atoms with Gasteiger partial charge in [-0.05, 0) is 25.1 Å². The summed E-state index contributed by atoms with van der Waals surface area (Å²) in [7, 11) is 2.84. The van der Waals surface area contributed by atoms with E-state index in [1.807, 2.05) is 6.07 Å². The van der Waals surface area contributed by atoms with E-state index in [4.69, 9.17) is 9.47 Å². The first kappa shape index (κ1) is 15.5. The zero-order valence-electron chi connectivity index (χ0n) is 11.8. The summed E-state index contributed by atoms with van der Waals surface area (Å²) in [6.07, 6.45) is 0. The van der Waals surface area contributed by atoms with Crippen LogP contribution in [0.1, 0.15) is 18.5 Å². The standard InChI is InChI=1S/C14H15BrN2O4/c1-7-11(13(18)21-3)12(17-14(19)16-7)9-6-8(15)4-5-10(9)20-2/h4-6,11-12H,1-3H3,(H,17,19). The lowest BCUT2D eigenvalue weighted by Crippen LogP contribution is -2.44. The number of nitrogens with zero attached hydrogens (tertiary/aromatic N) is 1. The van der Waals surface area contributed by atoms with Crippen LogP contribution in [0.4, 0.5) is 4.79 Å². The third-order valence-electron chi connectivity index (χ3n) is 3.32. The summed E-state index contributed by atoms with van der Waals surface area (Å²) >= 11 is 3.38. The molecular weight excluding hydrogens is 340 g/mol. The number of aliphatic imine (C=N–C) groups is 1. The highest BCUT2D eigenvalue weighted by Gasteiger charge is 2.39. The predicted octanol–water partition coefficient (Wildman–Crippen LogP) is 2.47. The van der Waals surface area contributed by atoms with Crippen LogP contribution in [0.15, 0.2) is 27.7 Å². The summed E-state index contributed by atoms with van der Waals surface area (Å²) in [4.78, 5) is 27.5. The zero-order chi connectivity index (χ0) is 15.6. The highest BCUT2D eigenvalue weighted by atomic mass is 79.9. The van der Waals surface area contributed by atoms with Gasteiger partial charge in [-0.1, -0.05) is 15.9 Å². The Labute approximate surface area is 130 Å². The third-order valence-corrected chi connectivity index (χ3v) is 3.82. The minimum atomic E-state index is -0.684. The molecule has 2 amide bonds. The maximum Gasteiger partial charge on any atom is 0.341 e. The van der Waals surface area contributed by atoms with Crippen LogP contribution in [0.5, 0.6) is 5.75 Å². The van der Waals surface area contributed by atoms with Crippen LogP contribution >= 0.6 is 15.9 Å². The van der Waals surface area contributed by atoms with Crippen molar-refractivity contribution < 1.29 is 19.1 Å². The highest BCUT2D eigenvalue weighted by molar-refractivity contribution is 9.10. The molecule has 0 aliphatic carbocycles. The lowest BCUT2D eigenvalue weighted by atomic mass is 9.88. The fourth-order valence-electron chi connectivity index (χ4n) is 2.36. The van der Waals surface area contributed by atoms with Crippen LogP contribution in [0.3, 0.4) is 0 Å². The average Bonchev–Trinajstić information content (AvgIpc) is 2.45. The van der Waals surface area contributed by atoms with E-state index in [0.717, 1.165) is 4.47 Å². The number of rotatable bonds is 3. The number of urea groups is 1. The number of nitrogens with one attached hydrogen (secondary N) is 1. The van der Waals surface area contributed by atoms with E-state index in [9.17, 15) is 9.59 Å². The summed E-state index contributed by atoms with van der Waals surface area (Å²) in [6.45, 7) is 1.64. The van der Waals surface area contributed by atoms with Crippen molar-refractivity contribution >= 4 is 33.6 Å². The molecule has 0 spiro atoms. The topological polar surface area (TPSA) is 77.0 Å². The Hall–Kier alpha value is -1.89. The van der Waals surface area contributed by atoms with Crippen LogP contribution in [-0.4, -0.2) is 31.9 Å². The summed E-state index contributed by atoms with van der Waals surface area (Å²) in [5.41, 5.74) is 1.10. The van der Waals surface area contributed by atoms with Crippen molar-refractivity contribution in [3.63, 3.8) is 0 Å². The minimum absolute atomic E-state index is 0.414. The van der Waals surface area contributed by atoms with Gasteiger partial charge in [0.15, 0.2) is 0 Å². The number of carbonyl (C=O) groups is 2. The van der Waals surface area contributed by atoms with Crippen molar-refractivity contribution in [3.8, 4) is 5.75 Å². The molecule has 0 fully saturated rings. The molecule has 2 atom stereocenters. The van der Waals surface area contributed by atoms with Crippen molar-refractivity contribution in [2.24, 2.45) is 10.9 Å². The van der Waals surface area contributed by atoms with Crippen molar-refractivity contribution in [2.45, 2.75) is 13.0 Å². The molecule has 0 aromatic heterocycles. The summed E-state index contributed by atoms with van der Waals surface area (Å²) in [5.74, 6) is -0.564. The molecule has 2 rings (SSSR count). The third kappa shape index (κ3) is 3.07. The Morgan fingerprint density at radius 3 is 2.71 bits per heavy atom. The molecule has 7 heteroatoms. The van der Waals surface area contributed by atoms with Gasteiger partial charge in [0.05, 0.1) is 20.3 Å². The molecule has 0 radical (unpaired) electrons. The Kier molecular flexibility index (Phi) is 4.62. The first-order chi connectivity index (χ1) is 9.97. The molecule has 0 bridgehead atoms. The second-order valence-electron chi connectivity index (χ2n) is 4.57. The quantitative estimate of drug-likeness (QED) is 0.845. The van der Waals surface area contributed by atoms with Gasteiger partial charge in [-0.25, -0.2) is 9.79 Å². The first-order valence-electron chi connectivity index (χ1n) is 6.25. The van der Waals surface area contributed by atoms with Gasteiger partial charge in [-0.15, -0.1) is 0 Å². The largest absolute Gasteiger partial charge is 0.496 e. The maximum absolute atomic E-state index is 12.0. The Bertz CT molecular complexity index is 615. The molecule has 1 aliphatic rings. The number of benzene rings is 1. The van der Waals surface area contributed by atoms with E-state index in [2.05, 4.69) is 26.2 Å². The molecule has 0 saturated heterocycles. The average molecular weight is 355 g/mol. The lowest BCUT2D eigenvalue weighted by molar-refractivity contribution is -0.143. The normalized spacial score (nSPS) is 21.3. The molecule has 1 aliphatic heterocycles. The van der Waals surface area contributed by atoms with E-state index in [1.165, 1.54) is 14.2 Å². The number of hydrogen-bond donors (Lipinski definition) is 1. The second kappa shape index (κ2) is 6.26. The molecule has 1 N–H and O–H groups in total. The van der Waals surface area contributed by atoms with Gasteiger partial charge >= 0.3 is 12.0 Å². The van der Waals surface area contributed by atoms with E-state index in [1.54, 1.807) is 19.1 Å². The molecule has 1 aromatic rings.